The summed E-state index contributed by atoms with van der Waals surface area (Å²) in [5.41, 5.74) is 3.53. The van der Waals surface area contributed by atoms with E-state index in [0.717, 1.165) is 24.1 Å². The van der Waals surface area contributed by atoms with Crippen LogP contribution in [0.1, 0.15) is 39.2 Å². The molecular weight excluding hydrogens is 387 g/mol. The minimum Gasteiger partial charge on any atom is -0.406 e. The number of hydrogen-bond donors (Lipinski definition) is 1. The predicted molar refractivity (Wildman–Crippen MR) is 119 cm³/mol. The smallest absolute Gasteiger partial charge is 0.406 e. The van der Waals surface area contributed by atoms with Gasteiger partial charge in [-0.05, 0) is 56.5 Å². The third kappa shape index (κ3) is 8.19. The van der Waals surface area contributed by atoms with E-state index in [-0.39, 0.29) is 11.2 Å². The quantitative estimate of drug-likeness (QED) is 0.416. The number of nitrogens with one attached hydrogen (secondary N) is 1. The third-order valence-corrected chi connectivity index (χ3v) is 4.63. The Morgan fingerprint density at radius 2 is 1.77 bits per heavy atom. The number of rotatable bonds is 9. The van der Waals surface area contributed by atoms with E-state index in [2.05, 4.69) is 55.6 Å². The zero-order valence-corrected chi connectivity index (χ0v) is 17.6. The van der Waals surface area contributed by atoms with E-state index in [0.29, 0.717) is 5.69 Å². The Kier molecular flexibility index (Phi) is 7.93. The van der Waals surface area contributed by atoms with E-state index in [1.807, 2.05) is 30.3 Å². The van der Waals surface area contributed by atoms with Crippen molar-refractivity contribution in [1.29, 1.82) is 0 Å². The highest BCUT2D eigenvalue weighted by Crippen LogP contribution is 2.29. The monoisotopic (exact) mass is 415 g/mol. The summed E-state index contributed by atoms with van der Waals surface area (Å²) in [6.45, 7) is 10.3. The zero-order chi connectivity index (χ0) is 22.2. The predicted octanol–water partition coefficient (Wildman–Crippen LogP) is 8.28. The van der Waals surface area contributed by atoms with E-state index in [9.17, 15) is 13.2 Å². The summed E-state index contributed by atoms with van der Waals surface area (Å²) in [6, 6.07) is 13.4. The molecule has 0 saturated carbocycles. The SMILES string of the molecule is C=C[C@@](C)(/C=C/c1ccc(Nc2cccc(OC(F)(F)F)c2)cc1)CCC=C(C)C. The molecule has 0 radical (unpaired) electrons. The summed E-state index contributed by atoms with van der Waals surface area (Å²) in [5.74, 6) is -0.260. The Balaban J connectivity index is 2.02. The molecule has 0 amide bonds. The summed E-state index contributed by atoms with van der Waals surface area (Å²) < 4.78 is 41.1. The van der Waals surface area contributed by atoms with Crippen LogP contribution >= 0.6 is 0 Å². The number of alkyl halides is 3. The Hall–Kier alpha value is -2.95. The van der Waals surface area contributed by atoms with Crippen LogP contribution in [-0.2, 0) is 0 Å². The van der Waals surface area contributed by atoms with Crippen LogP contribution in [0.5, 0.6) is 5.75 Å². The molecule has 0 unspecified atom stereocenters. The van der Waals surface area contributed by atoms with Gasteiger partial charge in [-0.1, -0.05) is 55.0 Å². The molecule has 30 heavy (non-hydrogen) atoms. The third-order valence-electron chi connectivity index (χ3n) is 4.63. The van der Waals surface area contributed by atoms with Gasteiger partial charge >= 0.3 is 6.36 Å². The van der Waals surface area contributed by atoms with Crippen LogP contribution in [0.25, 0.3) is 6.08 Å². The summed E-state index contributed by atoms with van der Waals surface area (Å²) in [7, 11) is 0. The van der Waals surface area contributed by atoms with Crippen molar-refractivity contribution >= 4 is 17.5 Å². The number of anilines is 2. The molecule has 0 fully saturated rings. The highest BCUT2D eigenvalue weighted by molar-refractivity contribution is 5.63. The minimum atomic E-state index is -4.71. The molecule has 0 aliphatic rings. The molecule has 0 aliphatic carbocycles. The van der Waals surface area contributed by atoms with Crippen LogP contribution in [0.15, 0.2) is 78.9 Å². The number of halogens is 3. The van der Waals surface area contributed by atoms with Crippen LogP contribution in [0.2, 0.25) is 0 Å². The van der Waals surface area contributed by atoms with E-state index < -0.39 is 6.36 Å². The Morgan fingerprint density at radius 3 is 2.37 bits per heavy atom. The highest BCUT2D eigenvalue weighted by atomic mass is 19.4. The zero-order valence-electron chi connectivity index (χ0n) is 17.6. The molecular formula is C25H28F3NO. The van der Waals surface area contributed by atoms with E-state index >= 15 is 0 Å². The van der Waals surface area contributed by atoms with Crippen LogP contribution in [0.3, 0.4) is 0 Å². The van der Waals surface area contributed by atoms with Gasteiger partial charge in [0.2, 0.25) is 0 Å². The molecule has 1 N–H and O–H groups in total. The second-order valence-electron chi connectivity index (χ2n) is 7.69. The van der Waals surface area contributed by atoms with Crippen molar-refractivity contribution in [3.63, 3.8) is 0 Å². The largest absolute Gasteiger partial charge is 0.573 e. The van der Waals surface area contributed by atoms with Crippen molar-refractivity contribution in [2.24, 2.45) is 5.41 Å². The molecule has 0 bridgehead atoms. The van der Waals surface area contributed by atoms with Gasteiger partial charge in [-0.3, -0.25) is 0 Å². The number of ether oxygens (including phenoxy) is 1. The van der Waals surface area contributed by atoms with Crippen molar-refractivity contribution in [3.8, 4) is 5.75 Å². The van der Waals surface area contributed by atoms with Gasteiger partial charge in [0.25, 0.3) is 0 Å². The maximum absolute atomic E-state index is 12.4. The van der Waals surface area contributed by atoms with Gasteiger partial charge < -0.3 is 10.1 Å². The normalized spacial score (nSPS) is 13.5. The standard InChI is InChI=1S/C25H28F3NO/c1-5-24(4,16-7-8-19(2)3)17-15-20-11-13-21(14-12-20)29-22-9-6-10-23(18-22)30-25(26,27)28/h5-6,8-15,17-18,29H,1,7,16H2,2-4H3/b17-15+/t24-/m1/s1. The first-order valence-electron chi connectivity index (χ1n) is 9.78. The molecule has 0 heterocycles. The minimum absolute atomic E-state index is 0.0954. The van der Waals surface area contributed by atoms with Crippen LogP contribution in [0, 0.1) is 5.41 Å². The lowest BCUT2D eigenvalue weighted by Gasteiger charge is -2.20. The number of allylic oxidation sites excluding steroid dienone is 4. The Bertz CT molecular complexity index is 893. The maximum atomic E-state index is 12.4. The second-order valence-corrected chi connectivity index (χ2v) is 7.69. The van der Waals surface area contributed by atoms with Gasteiger partial charge in [-0.25, -0.2) is 0 Å². The van der Waals surface area contributed by atoms with Gasteiger partial charge in [-0.15, -0.1) is 19.8 Å². The molecule has 0 saturated heterocycles. The lowest BCUT2D eigenvalue weighted by Crippen LogP contribution is -2.17. The molecule has 5 heteroatoms. The second kappa shape index (κ2) is 10.2. The topological polar surface area (TPSA) is 21.3 Å². The first-order chi connectivity index (χ1) is 14.1. The highest BCUT2D eigenvalue weighted by Gasteiger charge is 2.31. The van der Waals surface area contributed by atoms with Crippen molar-refractivity contribution in [2.45, 2.75) is 40.0 Å². The molecule has 160 valence electrons. The summed E-state index contributed by atoms with van der Waals surface area (Å²) in [6.07, 6.45) is 5.67. The van der Waals surface area contributed by atoms with Crippen LogP contribution in [-0.4, -0.2) is 6.36 Å². The lowest BCUT2D eigenvalue weighted by atomic mass is 9.84. The average molecular weight is 415 g/mol. The fourth-order valence-electron chi connectivity index (χ4n) is 2.83. The first kappa shape index (κ1) is 23.3. The molecule has 0 spiro atoms. The lowest BCUT2D eigenvalue weighted by molar-refractivity contribution is -0.274. The van der Waals surface area contributed by atoms with Crippen LogP contribution in [0.4, 0.5) is 24.5 Å². The van der Waals surface area contributed by atoms with Crippen LogP contribution < -0.4 is 10.1 Å². The van der Waals surface area contributed by atoms with E-state index in [1.165, 1.54) is 23.8 Å². The Labute approximate surface area is 176 Å². The molecule has 1 atom stereocenters. The van der Waals surface area contributed by atoms with Crippen molar-refractivity contribution in [3.05, 3.63) is 84.5 Å². The first-order valence-corrected chi connectivity index (χ1v) is 9.78. The Morgan fingerprint density at radius 1 is 1.07 bits per heavy atom. The fourth-order valence-corrected chi connectivity index (χ4v) is 2.83. The van der Waals surface area contributed by atoms with E-state index in [4.69, 9.17) is 0 Å². The fraction of sp³-hybridized carbons (Fsp3) is 0.280. The number of benzene rings is 2. The molecule has 2 aromatic rings. The van der Waals surface area contributed by atoms with Gasteiger partial charge in [0.1, 0.15) is 5.75 Å². The van der Waals surface area contributed by atoms with Gasteiger partial charge in [0.15, 0.2) is 0 Å². The molecule has 0 aromatic heterocycles. The summed E-state index contributed by atoms with van der Waals surface area (Å²) >= 11 is 0. The van der Waals surface area contributed by atoms with E-state index in [1.54, 1.807) is 6.07 Å². The number of hydrogen-bond acceptors (Lipinski definition) is 2. The molecule has 2 aromatic carbocycles. The van der Waals surface area contributed by atoms with Gasteiger partial charge in [-0.2, -0.15) is 0 Å². The van der Waals surface area contributed by atoms with Gasteiger partial charge in [0.05, 0.1) is 0 Å². The molecule has 0 aliphatic heterocycles. The van der Waals surface area contributed by atoms with Crippen molar-refractivity contribution in [2.75, 3.05) is 5.32 Å². The van der Waals surface area contributed by atoms with Gasteiger partial charge in [0, 0.05) is 22.9 Å². The average Bonchev–Trinajstić information content (AvgIpc) is 2.66. The summed E-state index contributed by atoms with van der Waals surface area (Å²) in [4.78, 5) is 0. The van der Waals surface area contributed by atoms with Crippen molar-refractivity contribution in [1.82, 2.24) is 0 Å². The molecule has 2 rings (SSSR count). The van der Waals surface area contributed by atoms with Crippen molar-refractivity contribution < 1.29 is 17.9 Å². The molecule has 2 nitrogen and oxygen atoms in total. The summed E-state index contributed by atoms with van der Waals surface area (Å²) in [5, 5.41) is 3.09. The maximum Gasteiger partial charge on any atom is 0.573 e.